The summed E-state index contributed by atoms with van der Waals surface area (Å²) >= 11 is 0. The maximum Gasteiger partial charge on any atom is 6.00 e. The molecule has 7 rings (SSSR count). The van der Waals surface area contributed by atoms with Gasteiger partial charge in [0, 0.05) is 31.2 Å². The van der Waals surface area contributed by atoms with Crippen molar-refractivity contribution in [3.8, 4) is 22.8 Å². The fourth-order valence-corrected chi connectivity index (χ4v) is 4.19. The van der Waals surface area contributed by atoms with Crippen molar-refractivity contribution in [2.24, 2.45) is 0 Å². The number of aromatic nitrogens is 8. The first-order valence-corrected chi connectivity index (χ1v) is 13.2. The second-order valence-electron chi connectivity index (χ2n) is 9.06. The number of imidazole rings is 1. The normalized spacial score (nSPS) is 17.1. The molecule has 0 radical (unpaired) electrons. The molecule has 13 heteroatoms. The van der Waals surface area contributed by atoms with E-state index in [0.29, 0.717) is 23.4 Å². The van der Waals surface area contributed by atoms with Crippen molar-refractivity contribution in [1.29, 1.82) is 0 Å². The van der Waals surface area contributed by atoms with Crippen LogP contribution < -0.4 is 5.73 Å². The number of aliphatic hydroxyl groups excluding tert-OH is 2. The zero-order valence-corrected chi connectivity index (χ0v) is 24.6. The predicted octanol–water partition coefficient (Wildman–Crippen LogP) is 3.33. The second-order valence-corrected chi connectivity index (χ2v) is 9.06. The van der Waals surface area contributed by atoms with E-state index in [1.807, 2.05) is 72.8 Å². The summed E-state index contributed by atoms with van der Waals surface area (Å²) < 4.78 is 7.22. The minimum absolute atomic E-state index is 0. The van der Waals surface area contributed by atoms with Gasteiger partial charge in [0.1, 0.15) is 24.2 Å². The summed E-state index contributed by atoms with van der Waals surface area (Å²) in [4.78, 5) is 28.8. The number of pyridine rings is 4. The first-order chi connectivity index (χ1) is 20.6. The average molecular weight is 665 g/mol. The molecule has 0 unspecified atom stereocenters. The van der Waals surface area contributed by atoms with Gasteiger partial charge in [-0.3, -0.25) is 24.5 Å². The summed E-state index contributed by atoms with van der Waals surface area (Å²) in [5.74, 6) is 0.302. The van der Waals surface area contributed by atoms with E-state index in [1.54, 1.807) is 35.7 Å². The number of hydrogen-bond donors (Lipinski definition) is 3. The third-order valence-corrected chi connectivity index (χ3v) is 6.27. The molecule has 3 atom stereocenters. The number of anilines is 1. The van der Waals surface area contributed by atoms with E-state index in [1.165, 1.54) is 6.33 Å². The minimum Gasteiger partial charge on any atom is -0.394 e. The number of hydrogen-bond acceptors (Lipinski definition) is 11. The van der Waals surface area contributed by atoms with Gasteiger partial charge in [0.25, 0.3) is 0 Å². The Kier molecular flexibility index (Phi) is 11.4. The van der Waals surface area contributed by atoms with Crippen LogP contribution in [-0.4, -0.2) is 68.5 Å². The SMILES string of the molecule is Nc1ncnc2c1ncn2[C@H]1C[C@@H](O)[C@@H](CO)O1.[Ru+6].c1ccc(-c2ccccn2)nc1.c1ccc(-c2ccccn2)nc1. The molecule has 7 heterocycles. The maximum absolute atomic E-state index is 9.71. The predicted molar refractivity (Wildman–Crippen MR) is 156 cm³/mol. The maximum atomic E-state index is 9.71. The van der Waals surface area contributed by atoms with Crippen molar-refractivity contribution in [3.63, 3.8) is 0 Å². The Morgan fingerprint density at radius 1 is 0.721 bits per heavy atom. The Morgan fingerprint density at radius 2 is 1.21 bits per heavy atom. The molecule has 0 aliphatic carbocycles. The van der Waals surface area contributed by atoms with Gasteiger partial charge in [0.2, 0.25) is 0 Å². The van der Waals surface area contributed by atoms with Gasteiger partial charge in [0.15, 0.2) is 11.5 Å². The molecule has 1 aliphatic rings. The van der Waals surface area contributed by atoms with Crippen LogP contribution in [0.5, 0.6) is 0 Å². The smallest absolute Gasteiger partial charge is 0.394 e. The van der Waals surface area contributed by atoms with Crippen LogP contribution in [0.2, 0.25) is 0 Å². The van der Waals surface area contributed by atoms with Gasteiger partial charge in [-0.15, -0.1) is 0 Å². The Balaban J connectivity index is 0.000000151. The fourth-order valence-electron chi connectivity index (χ4n) is 4.19. The summed E-state index contributed by atoms with van der Waals surface area (Å²) in [7, 11) is 0. The topological polar surface area (TPSA) is 171 Å². The van der Waals surface area contributed by atoms with Gasteiger partial charge in [-0.05, 0) is 48.5 Å². The van der Waals surface area contributed by atoms with Crippen molar-refractivity contribution in [3.05, 3.63) is 110 Å². The number of rotatable bonds is 4. The first-order valence-electron chi connectivity index (χ1n) is 13.2. The largest absolute Gasteiger partial charge is 6.00 e. The number of ether oxygens (including phenoxy) is 1. The van der Waals surface area contributed by atoms with Crippen molar-refractivity contribution >= 4 is 17.0 Å². The van der Waals surface area contributed by atoms with Crippen molar-refractivity contribution in [2.75, 3.05) is 12.3 Å². The number of nitrogen functional groups attached to an aromatic ring is 1. The summed E-state index contributed by atoms with van der Waals surface area (Å²) in [5, 5.41) is 18.8. The summed E-state index contributed by atoms with van der Waals surface area (Å²) in [6.07, 6.45) is 8.67. The standard InChI is InChI=1S/C10H13N5O3.2C10H8N2.Ru/c11-9-8-10(13-3-12-9)15(4-14-8)7-1-5(17)6(2-16)18-7;2*1-3-7-11-9(5-1)10-6-2-4-8-12-10;/h3-7,16-17H,1-2H2,(H2,11,12,13);2*1-8H;/q;;;+6/t5-,6-,7-;;;/m1.../s1. The quantitative estimate of drug-likeness (QED) is 0.236. The molecular weight excluding hydrogens is 635 g/mol. The third-order valence-electron chi connectivity index (χ3n) is 6.27. The molecule has 12 nitrogen and oxygen atoms in total. The van der Waals surface area contributed by atoms with Gasteiger partial charge < -0.3 is 20.7 Å². The number of nitrogens with two attached hydrogens (primary N) is 1. The summed E-state index contributed by atoms with van der Waals surface area (Å²) in [6, 6.07) is 23.2. The molecular formula is C30H29N9O3Ru+6. The van der Waals surface area contributed by atoms with Gasteiger partial charge in [-0.2, -0.15) is 0 Å². The molecule has 1 fully saturated rings. The molecule has 0 aromatic carbocycles. The summed E-state index contributed by atoms with van der Waals surface area (Å²) in [6.45, 7) is -0.221. The van der Waals surface area contributed by atoms with Crippen LogP contribution in [0.1, 0.15) is 12.6 Å². The molecule has 4 N–H and O–H groups in total. The molecule has 0 amide bonds. The molecule has 6 aromatic heterocycles. The van der Waals surface area contributed by atoms with E-state index in [-0.39, 0.29) is 26.1 Å². The molecule has 214 valence electrons. The first kappa shape index (κ1) is 31.4. The van der Waals surface area contributed by atoms with Gasteiger partial charge >= 0.3 is 19.5 Å². The van der Waals surface area contributed by atoms with Gasteiger partial charge in [0.05, 0.1) is 41.8 Å². The van der Waals surface area contributed by atoms with Gasteiger partial charge in [-0.1, -0.05) is 24.3 Å². The van der Waals surface area contributed by atoms with Crippen LogP contribution in [0.4, 0.5) is 5.82 Å². The van der Waals surface area contributed by atoms with Crippen LogP contribution in [0, 0.1) is 0 Å². The van der Waals surface area contributed by atoms with Crippen LogP contribution in [0.25, 0.3) is 33.9 Å². The van der Waals surface area contributed by atoms with Crippen LogP contribution >= 0.6 is 0 Å². The van der Waals surface area contributed by atoms with E-state index in [2.05, 4.69) is 34.9 Å². The average Bonchev–Trinajstić information content (AvgIpc) is 3.67. The molecule has 43 heavy (non-hydrogen) atoms. The van der Waals surface area contributed by atoms with Gasteiger partial charge in [-0.25, -0.2) is 15.0 Å². The number of nitrogens with zero attached hydrogens (tertiary/aromatic N) is 8. The van der Waals surface area contributed by atoms with Crippen molar-refractivity contribution < 1.29 is 34.4 Å². The molecule has 0 spiro atoms. The monoisotopic (exact) mass is 665 g/mol. The van der Waals surface area contributed by atoms with E-state index in [4.69, 9.17) is 15.6 Å². The van der Waals surface area contributed by atoms with E-state index >= 15 is 0 Å². The van der Waals surface area contributed by atoms with Crippen LogP contribution in [0.3, 0.4) is 0 Å². The van der Waals surface area contributed by atoms with Crippen LogP contribution in [-0.2, 0) is 24.2 Å². The number of aliphatic hydroxyl groups is 2. The second kappa shape index (κ2) is 15.6. The molecule has 0 bridgehead atoms. The zero-order valence-electron chi connectivity index (χ0n) is 22.8. The van der Waals surface area contributed by atoms with E-state index < -0.39 is 18.4 Å². The Morgan fingerprint density at radius 3 is 1.60 bits per heavy atom. The minimum atomic E-state index is -0.698. The van der Waals surface area contributed by atoms with Crippen molar-refractivity contribution in [1.82, 2.24) is 39.5 Å². The third kappa shape index (κ3) is 8.05. The zero-order chi connectivity index (χ0) is 29.1. The van der Waals surface area contributed by atoms with E-state index in [0.717, 1.165) is 22.8 Å². The molecule has 1 saturated heterocycles. The Hall–Kier alpha value is -4.55. The van der Waals surface area contributed by atoms with E-state index in [9.17, 15) is 5.11 Å². The molecule has 0 saturated carbocycles. The fraction of sp³-hybridized carbons (Fsp3) is 0.167. The molecule has 6 aromatic rings. The van der Waals surface area contributed by atoms with Crippen LogP contribution in [0.15, 0.2) is 110 Å². The molecule has 1 aliphatic heterocycles. The Bertz CT molecular complexity index is 1510. The van der Waals surface area contributed by atoms with Crippen molar-refractivity contribution in [2.45, 2.75) is 24.9 Å². The number of fused-ring (bicyclic) bond motifs is 1. The summed E-state index contributed by atoms with van der Waals surface area (Å²) in [5.41, 5.74) is 10.4. The Labute approximate surface area is 260 Å².